The molecule has 0 spiro atoms. The van der Waals surface area contributed by atoms with E-state index in [1.807, 2.05) is 0 Å². The zero-order valence-electron chi connectivity index (χ0n) is 7.74. The summed E-state index contributed by atoms with van der Waals surface area (Å²) >= 11 is 0. The third-order valence-corrected chi connectivity index (χ3v) is 1.85. The molecule has 0 aromatic rings. The topological polar surface area (TPSA) is 9.23 Å². The molecule has 1 aliphatic heterocycles. The van der Waals surface area contributed by atoms with Crippen LogP contribution in [0.5, 0.6) is 0 Å². The van der Waals surface area contributed by atoms with Gasteiger partial charge in [0.1, 0.15) is 0 Å². The monoisotopic (exact) mass is 192 g/mol. The number of rotatable bonds is 0. The van der Waals surface area contributed by atoms with Gasteiger partial charge in [0.05, 0.1) is 0 Å². The molecule has 3 heteroatoms. The predicted molar refractivity (Wildman–Crippen MR) is 45.3 cm³/mol. The number of ether oxygens (including phenoxy) is 1. The van der Waals surface area contributed by atoms with Crippen molar-refractivity contribution in [3.63, 3.8) is 0 Å². The van der Waals surface area contributed by atoms with Crippen LogP contribution in [-0.2, 0) is 4.74 Å². The maximum atomic E-state index is 5.21. The van der Waals surface area contributed by atoms with Crippen molar-refractivity contribution in [2.24, 2.45) is 5.41 Å². The van der Waals surface area contributed by atoms with Gasteiger partial charge in [0.15, 0.2) is 0 Å². The molecule has 1 nitrogen and oxygen atoms in total. The van der Waals surface area contributed by atoms with E-state index in [2.05, 4.69) is 13.8 Å². The third kappa shape index (κ3) is 6.72. The zero-order valence-corrected chi connectivity index (χ0v) is 14.0. The minimum absolute atomic E-state index is 0. The molecule has 0 amide bonds. The first-order valence-corrected chi connectivity index (χ1v) is 3.28. The molecular weight excluding hydrogens is 178 g/mol. The van der Waals surface area contributed by atoms with E-state index in [-0.39, 0.29) is 103 Å². The van der Waals surface area contributed by atoms with Gasteiger partial charge < -0.3 is 4.74 Å². The van der Waals surface area contributed by atoms with Crippen molar-refractivity contribution in [2.45, 2.75) is 26.7 Å². The molecule has 1 aliphatic rings. The minimum Gasteiger partial charge on any atom is -0.381 e. The van der Waals surface area contributed by atoms with Crippen molar-refractivity contribution in [1.82, 2.24) is 0 Å². The zero-order chi connectivity index (χ0) is 6.04. The summed E-state index contributed by atoms with van der Waals surface area (Å²) in [6.07, 6.45) is 2.46. The number of hydrogen-bond acceptors (Lipinski definition) is 1. The Labute approximate surface area is 149 Å². The van der Waals surface area contributed by atoms with E-state index >= 15 is 0 Å². The molecule has 0 atom stereocenters. The fraction of sp³-hybridized carbons (Fsp3) is 1.00. The van der Waals surface area contributed by atoms with Crippen LogP contribution in [0.4, 0.5) is 0 Å². The van der Waals surface area contributed by atoms with Crippen LogP contribution < -0.4 is 0 Å². The molecule has 0 aliphatic carbocycles. The summed E-state index contributed by atoms with van der Waals surface area (Å²) in [7, 11) is 0. The molecule has 0 saturated carbocycles. The first-order chi connectivity index (χ1) is 3.71. The molecule has 0 bridgehead atoms. The van der Waals surface area contributed by atoms with Crippen molar-refractivity contribution in [1.29, 1.82) is 0 Å². The van der Waals surface area contributed by atoms with Crippen molar-refractivity contribution < 1.29 is 4.74 Å². The second kappa shape index (κ2) is 7.62. The van der Waals surface area contributed by atoms with E-state index in [4.69, 9.17) is 4.74 Å². The Balaban J connectivity index is 0. The molecule has 1 saturated heterocycles. The quantitative estimate of drug-likeness (QED) is 0.522. The van der Waals surface area contributed by atoms with Gasteiger partial charge in [0, 0.05) is 116 Å². The standard InChI is InChI=1S/C7H14O.2K/c1-7(2)3-5-8-6-4-7;;/h3-6H2,1-2H3;;. The largest absolute Gasteiger partial charge is 0.381 e. The summed E-state index contributed by atoms with van der Waals surface area (Å²) in [5.41, 5.74) is 0.554. The Morgan fingerprint density at radius 3 is 1.60 bits per heavy atom. The summed E-state index contributed by atoms with van der Waals surface area (Å²) in [4.78, 5) is 0. The van der Waals surface area contributed by atoms with E-state index in [0.29, 0.717) is 5.41 Å². The molecule has 2 radical (unpaired) electrons. The van der Waals surface area contributed by atoms with Crippen LogP contribution in [0.25, 0.3) is 0 Å². The molecule has 0 aromatic heterocycles. The minimum atomic E-state index is 0. The van der Waals surface area contributed by atoms with E-state index in [1.165, 1.54) is 12.8 Å². The van der Waals surface area contributed by atoms with Gasteiger partial charge in [-0.1, -0.05) is 13.8 Å². The average Bonchev–Trinajstić information content (AvgIpc) is 1.65. The van der Waals surface area contributed by atoms with Crippen molar-refractivity contribution in [2.75, 3.05) is 13.2 Å². The smallest absolute Gasteiger partial charge is 0.0471 e. The summed E-state index contributed by atoms with van der Waals surface area (Å²) in [6, 6.07) is 0. The van der Waals surface area contributed by atoms with Crippen LogP contribution in [0.3, 0.4) is 0 Å². The van der Waals surface area contributed by atoms with Gasteiger partial charge in [-0.2, -0.15) is 0 Å². The van der Waals surface area contributed by atoms with Crippen LogP contribution >= 0.6 is 0 Å². The molecule has 1 heterocycles. The van der Waals surface area contributed by atoms with E-state index in [1.54, 1.807) is 0 Å². The van der Waals surface area contributed by atoms with Gasteiger partial charge in [0.2, 0.25) is 0 Å². The second-order valence-corrected chi connectivity index (χ2v) is 3.28. The van der Waals surface area contributed by atoms with Gasteiger partial charge in [0.25, 0.3) is 0 Å². The normalized spacial score (nSPS) is 22.2. The number of hydrogen-bond donors (Lipinski definition) is 0. The van der Waals surface area contributed by atoms with Crippen molar-refractivity contribution >= 4 is 103 Å². The maximum absolute atomic E-state index is 5.21. The SMILES string of the molecule is CC1(C)CCOCC1.[K].[K]. The molecule has 1 fully saturated rings. The second-order valence-electron chi connectivity index (χ2n) is 3.28. The third-order valence-electron chi connectivity index (χ3n) is 1.85. The summed E-state index contributed by atoms with van der Waals surface area (Å²) < 4.78 is 5.21. The first kappa shape index (κ1) is 15.7. The van der Waals surface area contributed by atoms with E-state index in [0.717, 1.165) is 13.2 Å². The van der Waals surface area contributed by atoms with Gasteiger partial charge in [-0.25, -0.2) is 0 Å². The molecule has 0 N–H and O–H groups in total. The van der Waals surface area contributed by atoms with Crippen LogP contribution in [0.1, 0.15) is 26.7 Å². The molecule has 0 aromatic carbocycles. The molecule has 10 heavy (non-hydrogen) atoms. The van der Waals surface area contributed by atoms with Gasteiger partial charge in [-0.05, 0) is 18.3 Å². The molecular formula is C7H14K2O. The van der Waals surface area contributed by atoms with E-state index in [9.17, 15) is 0 Å². The fourth-order valence-corrected chi connectivity index (χ4v) is 0.924. The molecule has 0 unspecified atom stereocenters. The Hall–Kier alpha value is 3.23. The Bertz CT molecular complexity index is 75.7. The van der Waals surface area contributed by atoms with Gasteiger partial charge >= 0.3 is 0 Å². The Morgan fingerprint density at radius 1 is 1.00 bits per heavy atom. The molecule has 1 rings (SSSR count). The summed E-state index contributed by atoms with van der Waals surface area (Å²) in [6.45, 7) is 6.53. The predicted octanol–water partition coefficient (Wildman–Crippen LogP) is 1.06. The van der Waals surface area contributed by atoms with Crippen LogP contribution in [0, 0.1) is 5.41 Å². The van der Waals surface area contributed by atoms with Crippen LogP contribution in [0.15, 0.2) is 0 Å². The van der Waals surface area contributed by atoms with Gasteiger partial charge in [-0.3, -0.25) is 0 Å². The summed E-state index contributed by atoms with van der Waals surface area (Å²) in [5.74, 6) is 0. The maximum Gasteiger partial charge on any atom is 0.0471 e. The molecule has 50 valence electrons. The van der Waals surface area contributed by atoms with Crippen molar-refractivity contribution in [3.8, 4) is 0 Å². The van der Waals surface area contributed by atoms with Crippen molar-refractivity contribution in [3.05, 3.63) is 0 Å². The van der Waals surface area contributed by atoms with Crippen LogP contribution in [-0.4, -0.2) is 116 Å². The fourth-order valence-electron chi connectivity index (χ4n) is 0.924. The Morgan fingerprint density at radius 2 is 1.40 bits per heavy atom. The van der Waals surface area contributed by atoms with Gasteiger partial charge in [-0.15, -0.1) is 0 Å². The average molecular weight is 192 g/mol. The first-order valence-electron chi connectivity index (χ1n) is 3.28. The summed E-state index contributed by atoms with van der Waals surface area (Å²) in [5, 5.41) is 0. The Kier molecular flexibility index (Phi) is 12.0. The van der Waals surface area contributed by atoms with Crippen LogP contribution in [0.2, 0.25) is 0 Å². The van der Waals surface area contributed by atoms with E-state index < -0.39 is 0 Å².